The zero-order valence-electron chi connectivity index (χ0n) is 11.0. The summed E-state index contributed by atoms with van der Waals surface area (Å²) in [6, 6.07) is 4.25. The van der Waals surface area contributed by atoms with E-state index in [0.29, 0.717) is 10.4 Å². The summed E-state index contributed by atoms with van der Waals surface area (Å²) in [5, 5.41) is 6.62. The average Bonchev–Trinajstić information content (AvgIpc) is 2.90. The molecule has 0 saturated heterocycles. The van der Waals surface area contributed by atoms with E-state index in [1.165, 1.54) is 32.4 Å². The van der Waals surface area contributed by atoms with Gasteiger partial charge in [-0.05, 0) is 12.1 Å². The number of rotatable bonds is 4. The van der Waals surface area contributed by atoms with E-state index in [4.69, 9.17) is 9.47 Å². The van der Waals surface area contributed by atoms with Gasteiger partial charge in [-0.25, -0.2) is 4.68 Å². The summed E-state index contributed by atoms with van der Waals surface area (Å²) in [7, 11) is 2.67. The Bertz CT molecular complexity index is 667. The highest BCUT2D eigenvalue weighted by Crippen LogP contribution is 2.35. The number of ether oxygens (including phenoxy) is 2. The van der Waals surface area contributed by atoms with Gasteiger partial charge in [0.05, 0.1) is 14.2 Å². The highest BCUT2D eigenvalue weighted by atomic mass is 19.4. The number of carbonyl (C=O) groups is 1. The third-order valence-corrected chi connectivity index (χ3v) is 2.69. The average molecular weight is 301 g/mol. The lowest BCUT2D eigenvalue weighted by Gasteiger charge is -2.13. The van der Waals surface area contributed by atoms with E-state index < -0.39 is 17.6 Å². The van der Waals surface area contributed by atoms with E-state index in [9.17, 15) is 18.0 Å². The maximum atomic E-state index is 13.1. The predicted octanol–water partition coefficient (Wildman–Crippen LogP) is 2.12. The third kappa shape index (κ3) is 2.67. The van der Waals surface area contributed by atoms with Gasteiger partial charge in [0, 0.05) is 6.07 Å². The van der Waals surface area contributed by atoms with Crippen LogP contribution in [0.4, 0.5) is 13.2 Å². The minimum atomic E-state index is -4.80. The van der Waals surface area contributed by atoms with Crippen molar-refractivity contribution in [2.75, 3.05) is 14.2 Å². The van der Waals surface area contributed by atoms with Crippen LogP contribution in [-0.2, 0) is 6.18 Å². The van der Waals surface area contributed by atoms with Gasteiger partial charge in [0.25, 0.3) is 0 Å². The van der Waals surface area contributed by atoms with Crippen molar-refractivity contribution in [2.24, 2.45) is 0 Å². The molecular formula is C12H10F3N3O3. The van der Waals surface area contributed by atoms with Gasteiger partial charge in [0.1, 0.15) is 17.2 Å². The predicted molar refractivity (Wildman–Crippen MR) is 64.9 cm³/mol. The first-order chi connectivity index (χ1) is 9.92. The maximum Gasteiger partial charge on any atom is 0.435 e. The molecule has 21 heavy (non-hydrogen) atoms. The molecule has 0 fully saturated rings. The Morgan fingerprint density at radius 1 is 1.24 bits per heavy atom. The molecule has 0 aliphatic carbocycles. The van der Waals surface area contributed by atoms with Crippen molar-refractivity contribution >= 4 is 6.29 Å². The van der Waals surface area contributed by atoms with E-state index in [1.807, 2.05) is 0 Å². The van der Waals surface area contributed by atoms with Crippen LogP contribution in [0, 0.1) is 0 Å². The monoisotopic (exact) mass is 301 g/mol. The summed E-state index contributed by atoms with van der Waals surface area (Å²) in [5.74, 6) is 0.436. The van der Waals surface area contributed by atoms with Gasteiger partial charge in [-0.15, -0.1) is 5.10 Å². The van der Waals surface area contributed by atoms with Crippen LogP contribution >= 0.6 is 0 Å². The number of hydrogen-bond acceptors (Lipinski definition) is 5. The van der Waals surface area contributed by atoms with Gasteiger partial charge in [0.15, 0.2) is 17.7 Å². The lowest BCUT2D eigenvalue weighted by molar-refractivity contribution is -0.143. The van der Waals surface area contributed by atoms with Crippen LogP contribution in [0.1, 0.15) is 16.2 Å². The van der Waals surface area contributed by atoms with Crippen molar-refractivity contribution in [3.63, 3.8) is 0 Å². The molecule has 1 aromatic carbocycles. The van der Waals surface area contributed by atoms with Crippen LogP contribution < -0.4 is 9.47 Å². The van der Waals surface area contributed by atoms with Crippen LogP contribution in [0.3, 0.4) is 0 Å². The molecule has 0 unspecified atom stereocenters. The second-order valence-corrected chi connectivity index (χ2v) is 3.89. The summed E-state index contributed by atoms with van der Waals surface area (Å²) >= 11 is 0. The van der Waals surface area contributed by atoms with Crippen molar-refractivity contribution in [1.29, 1.82) is 0 Å². The zero-order valence-corrected chi connectivity index (χ0v) is 11.0. The van der Waals surface area contributed by atoms with E-state index in [-0.39, 0.29) is 17.7 Å². The number of nitrogens with zero attached hydrogens (tertiary/aromatic N) is 3. The molecule has 0 atom stereocenters. The molecular weight excluding hydrogens is 291 g/mol. The number of alkyl halides is 3. The fourth-order valence-corrected chi connectivity index (χ4v) is 1.77. The Kier molecular flexibility index (Phi) is 3.83. The molecule has 1 aromatic heterocycles. The first kappa shape index (κ1) is 14.8. The summed E-state index contributed by atoms with van der Waals surface area (Å²) in [5.41, 5.74) is -2.11. The SMILES string of the molecule is COc1ccc(OC)c(-n2nnc(C=O)c2C(F)(F)F)c1. The van der Waals surface area contributed by atoms with Gasteiger partial charge in [-0.3, -0.25) is 4.79 Å². The van der Waals surface area contributed by atoms with Crippen LogP contribution in [0.2, 0.25) is 0 Å². The molecule has 2 rings (SSSR count). The van der Waals surface area contributed by atoms with Gasteiger partial charge in [0.2, 0.25) is 0 Å². The highest BCUT2D eigenvalue weighted by molar-refractivity contribution is 5.74. The minimum Gasteiger partial charge on any atom is -0.497 e. The number of aldehydes is 1. The Labute approximate surface area is 117 Å². The summed E-state index contributed by atoms with van der Waals surface area (Å²) in [6.07, 6.45) is -4.80. The van der Waals surface area contributed by atoms with Gasteiger partial charge in [-0.1, -0.05) is 5.21 Å². The maximum absolute atomic E-state index is 13.1. The van der Waals surface area contributed by atoms with Crippen molar-refractivity contribution < 1.29 is 27.4 Å². The molecule has 0 N–H and O–H groups in total. The number of methoxy groups -OCH3 is 2. The van der Waals surface area contributed by atoms with Crippen molar-refractivity contribution in [3.05, 3.63) is 29.6 Å². The van der Waals surface area contributed by atoms with Crippen LogP contribution in [0.15, 0.2) is 18.2 Å². The van der Waals surface area contributed by atoms with Crippen molar-refractivity contribution in [1.82, 2.24) is 15.0 Å². The molecule has 9 heteroatoms. The third-order valence-electron chi connectivity index (χ3n) is 2.69. The Morgan fingerprint density at radius 3 is 2.48 bits per heavy atom. The van der Waals surface area contributed by atoms with Gasteiger partial charge in [-0.2, -0.15) is 13.2 Å². The minimum absolute atomic E-state index is 0.00102. The number of halogens is 3. The van der Waals surface area contributed by atoms with E-state index in [1.54, 1.807) is 0 Å². The molecule has 0 aliphatic heterocycles. The molecule has 0 bridgehead atoms. The summed E-state index contributed by atoms with van der Waals surface area (Å²) in [4.78, 5) is 10.7. The number of carbonyl (C=O) groups excluding carboxylic acids is 1. The second kappa shape index (κ2) is 5.43. The largest absolute Gasteiger partial charge is 0.497 e. The molecule has 0 spiro atoms. The fraction of sp³-hybridized carbons (Fsp3) is 0.250. The molecule has 112 valence electrons. The normalized spacial score (nSPS) is 11.3. The van der Waals surface area contributed by atoms with Crippen molar-refractivity contribution in [3.8, 4) is 17.2 Å². The van der Waals surface area contributed by atoms with Gasteiger partial charge >= 0.3 is 6.18 Å². The molecule has 1 heterocycles. The van der Waals surface area contributed by atoms with Gasteiger partial charge < -0.3 is 9.47 Å². The molecule has 0 aliphatic rings. The fourth-order valence-electron chi connectivity index (χ4n) is 1.77. The number of aromatic nitrogens is 3. The lowest BCUT2D eigenvalue weighted by atomic mass is 10.2. The molecule has 2 aromatic rings. The zero-order chi connectivity index (χ0) is 15.6. The Balaban J connectivity index is 2.72. The molecule has 0 radical (unpaired) electrons. The highest BCUT2D eigenvalue weighted by Gasteiger charge is 2.40. The molecule has 0 saturated carbocycles. The first-order valence-corrected chi connectivity index (χ1v) is 5.62. The smallest absolute Gasteiger partial charge is 0.435 e. The topological polar surface area (TPSA) is 66.2 Å². The van der Waals surface area contributed by atoms with E-state index >= 15 is 0 Å². The first-order valence-electron chi connectivity index (χ1n) is 5.62. The second-order valence-electron chi connectivity index (χ2n) is 3.89. The van der Waals surface area contributed by atoms with E-state index in [2.05, 4.69) is 10.3 Å². The summed E-state index contributed by atoms with van der Waals surface area (Å²) in [6.45, 7) is 0. The number of hydrogen-bond donors (Lipinski definition) is 0. The Morgan fingerprint density at radius 2 is 1.95 bits per heavy atom. The van der Waals surface area contributed by atoms with Crippen LogP contribution in [0.25, 0.3) is 5.69 Å². The summed E-state index contributed by atoms with van der Waals surface area (Å²) < 4.78 is 49.8. The quantitative estimate of drug-likeness (QED) is 0.809. The molecule has 0 amide bonds. The molecule has 6 nitrogen and oxygen atoms in total. The Hall–Kier alpha value is -2.58. The van der Waals surface area contributed by atoms with Crippen LogP contribution in [-0.4, -0.2) is 35.5 Å². The van der Waals surface area contributed by atoms with E-state index in [0.717, 1.165) is 0 Å². The number of benzene rings is 1. The lowest BCUT2D eigenvalue weighted by Crippen LogP contribution is -2.16. The van der Waals surface area contributed by atoms with Crippen LogP contribution in [0.5, 0.6) is 11.5 Å². The van der Waals surface area contributed by atoms with Crippen molar-refractivity contribution in [2.45, 2.75) is 6.18 Å². The standard InChI is InChI=1S/C12H10F3N3O3/c1-20-7-3-4-10(21-2)9(5-7)18-11(12(13,14)15)8(6-19)16-17-18/h3-6H,1-2H3.